The second-order valence-electron chi connectivity index (χ2n) is 7.36. The molecule has 1 aromatic rings. The van der Waals surface area contributed by atoms with Gasteiger partial charge in [0.05, 0.1) is 29.1 Å². The molecule has 0 radical (unpaired) electrons. The molecule has 1 amide bonds. The zero-order valence-electron chi connectivity index (χ0n) is 15.7. The number of carbonyl (C=O) groups excluding carboxylic acids is 1. The van der Waals surface area contributed by atoms with Crippen LogP contribution in [-0.4, -0.2) is 54.8 Å². The quantitative estimate of drug-likeness (QED) is 0.563. The van der Waals surface area contributed by atoms with Crippen molar-refractivity contribution >= 4 is 23.3 Å². The molecule has 1 aliphatic heterocycles. The number of benzene rings is 1. The third kappa shape index (κ3) is 4.09. The smallest absolute Gasteiger partial charge is 0.311 e. The van der Waals surface area contributed by atoms with Gasteiger partial charge in [-0.05, 0) is 18.9 Å². The van der Waals surface area contributed by atoms with Crippen molar-refractivity contribution in [1.29, 1.82) is 0 Å². The van der Waals surface area contributed by atoms with Crippen LogP contribution < -0.4 is 10.2 Å². The number of amides is 1. The van der Waals surface area contributed by atoms with Gasteiger partial charge in [-0.3, -0.25) is 19.7 Å². The van der Waals surface area contributed by atoms with Gasteiger partial charge in [0.1, 0.15) is 5.69 Å². The third-order valence-electron chi connectivity index (χ3n) is 5.64. The SMILES string of the molecule is O=C(NCC1(C(=O)O)CCCCC1)c1cccc([N+](=O)[O-])c1N1CCOCC1. The predicted octanol–water partition coefficient (Wildman–Crippen LogP) is 2.20. The van der Waals surface area contributed by atoms with Crippen LogP contribution in [0.4, 0.5) is 11.4 Å². The number of carbonyl (C=O) groups is 2. The average Bonchev–Trinajstić information content (AvgIpc) is 2.72. The monoisotopic (exact) mass is 391 g/mol. The summed E-state index contributed by atoms with van der Waals surface area (Å²) in [5, 5.41) is 23.9. The average molecular weight is 391 g/mol. The Labute approximate surface area is 162 Å². The molecule has 1 aromatic carbocycles. The molecule has 9 heteroatoms. The first kappa shape index (κ1) is 20.1. The summed E-state index contributed by atoms with van der Waals surface area (Å²) in [5.41, 5.74) is -0.651. The molecule has 152 valence electrons. The summed E-state index contributed by atoms with van der Waals surface area (Å²) in [6, 6.07) is 4.40. The molecular formula is C19H25N3O6. The number of carboxylic acid groups (broad SMARTS) is 1. The molecule has 0 spiro atoms. The van der Waals surface area contributed by atoms with Gasteiger partial charge in [-0.2, -0.15) is 0 Å². The van der Waals surface area contributed by atoms with Crippen molar-refractivity contribution in [2.24, 2.45) is 5.41 Å². The van der Waals surface area contributed by atoms with Gasteiger partial charge in [0, 0.05) is 25.7 Å². The Hall–Kier alpha value is -2.68. The number of para-hydroxylation sites is 1. The molecule has 1 aliphatic carbocycles. The van der Waals surface area contributed by atoms with Gasteiger partial charge in [0.25, 0.3) is 11.6 Å². The maximum Gasteiger partial charge on any atom is 0.311 e. The van der Waals surface area contributed by atoms with Crippen molar-refractivity contribution in [2.45, 2.75) is 32.1 Å². The van der Waals surface area contributed by atoms with Crippen LogP contribution in [0.15, 0.2) is 18.2 Å². The summed E-state index contributed by atoms with van der Waals surface area (Å²) >= 11 is 0. The van der Waals surface area contributed by atoms with Gasteiger partial charge in [0.2, 0.25) is 0 Å². The molecule has 3 rings (SSSR count). The second-order valence-corrected chi connectivity index (χ2v) is 7.36. The van der Waals surface area contributed by atoms with Crippen molar-refractivity contribution in [1.82, 2.24) is 5.32 Å². The van der Waals surface area contributed by atoms with Gasteiger partial charge >= 0.3 is 5.97 Å². The number of nitrogens with zero attached hydrogens (tertiary/aromatic N) is 2. The number of morpholine rings is 1. The lowest BCUT2D eigenvalue weighted by molar-refractivity contribution is -0.384. The summed E-state index contributed by atoms with van der Waals surface area (Å²) in [7, 11) is 0. The van der Waals surface area contributed by atoms with Gasteiger partial charge in [0.15, 0.2) is 0 Å². The number of nitrogens with one attached hydrogen (secondary N) is 1. The van der Waals surface area contributed by atoms with E-state index in [1.54, 1.807) is 11.0 Å². The lowest BCUT2D eigenvalue weighted by Crippen LogP contribution is -2.45. The number of nitro benzene ring substituents is 1. The molecule has 0 unspecified atom stereocenters. The van der Waals surface area contributed by atoms with Crippen molar-refractivity contribution in [3.05, 3.63) is 33.9 Å². The first-order chi connectivity index (χ1) is 13.4. The van der Waals surface area contributed by atoms with Crippen molar-refractivity contribution < 1.29 is 24.4 Å². The highest BCUT2D eigenvalue weighted by Crippen LogP contribution is 2.37. The van der Waals surface area contributed by atoms with Crippen LogP contribution in [-0.2, 0) is 9.53 Å². The fraction of sp³-hybridized carbons (Fsp3) is 0.579. The summed E-state index contributed by atoms with van der Waals surface area (Å²) in [4.78, 5) is 37.5. The van der Waals surface area contributed by atoms with Crippen molar-refractivity contribution in [3.63, 3.8) is 0 Å². The minimum atomic E-state index is -0.965. The Kier molecular flexibility index (Phi) is 6.13. The fourth-order valence-electron chi connectivity index (χ4n) is 4.02. The molecule has 1 saturated heterocycles. The normalized spacial score (nSPS) is 19.1. The largest absolute Gasteiger partial charge is 0.481 e. The minimum absolute atomic E-state index is 0.0202. The number of rotatable bonds is 6. The van der Waals surface area contributed by atoms with Gasteiger partial charge in [-0.1, -0.05) is 25.3 Å². The number of ether oxygens (including phenoxy) is 1. The Morgan fingerprint density at radius 2 is 1.89 bits per heavy atom. The van der Waals surface area contributed by atoms with E-state index in [1.807, 2.05) is 0 Å². The first-order valence-corrected chi connectivity index (χ1v) is 9.56. The van der Waals surface area contributed by atoms with Gasteiger partial charge < -0.3 is 20.1 Å². The number of hydrogen-bond acceptors (Lipinski definition) is 6. The van der Waals surface area contributed by atoms with E-state index in [9.17, 15) is 24.8 Å². The van der Waals surface area contributed by atoms with Crippen LogP contribution in [0.5, 0.6) is 0 Å². The van der Waals surface area contributed by atoms with E-state index in [4.69, 9.17) is 4.74 Å². The maximum atomic E-state index is 12.9. The van der Waals surface area contributed by atoms with E-state index >= 15 is 0 Å². The van der Waals surface area contributed by atoms with Crippen molar-refractivity contribution in [2.75, 3.05) is 37.7 Å². The summed E-state index contributed by atoms with van der Waals surface area (Å²) in [6.45, 7) is 1.77. The Bertz CT molecular complexity index is 754. The number of anilines is 1. The van der Waals surface area contributed by atoms with E-state index in [0.717, 1.165) is 19.3 Å². The van der Waals surface area contributed by atoms with E-state index < -0.39 is 22.2 Å². The van der Waals surface area contributed by atoms with E-state index in [1.165, 1.54) is 12.1 Å². The van der Waals surface area contributed by atoms with E-state index in [-0.39, 0.29) is 23.5 Å². The molecule has 0 atom stereocenters. The molecule has 0 aromatic heterocycles. The number of carboxylic acids is 1. The zero-order chi connectivity index (χ0) is 20.1. The molecule has 1 heterocycles. The highest BCUT2D eigenvalue weighted by Gasteiger charge is 2.40. The zero-order valence-corrected chi connectivity index (χ0v) is 15.7. The molecule has 0 bridgehead atoms. The fourth-order valence-corrected chi connectivity index (χ4v) is 4.02. The van der Waals surface area contributed by atoms with Crippen molar-refractivity contribution in [3.8, 4) is 0 Å². The maximum absolute atomic E-state index is 12.9. The summed E-state index contributed by atoms with van der Waals surface area (Å²) in [5.74, 6) is -1.39. The number of nitro groups is 1. The summed E-state index contributed by atoms with van der Waals surface area (Å²) in [6.07, 6.45) is 3.67. The molecule has 28 heavy (non-hydrogen) atoms. The van der Waals surface area contributed by atoms with Crippen LogP contribution in [0.25, 0.3) is 0 Å². The molecule has 2 fully saturated rings. The number of aliphatic carboxylic acids is 1. The second kappa shape index (κ2) is 8.55. The van der Waals surface area contributed by atoms with E-state index in [2.05, 4.69) is 5.32 Å². The van der Waals surface area contributed by atoms with Crippen LogP contribution in [0.1, 0.15) is 42.5 Å². The number of hydrogen-bond donors (Lipinski definition) is 2. The highest BCUT2D eigenvalue weighted by atomic mass is 16.6. The highest BCUT2D eigenvalue weighted by molar-refractivity contribution is 6.02. The molecule has 2 aliphatic rings. The third-order valence-corrected chi connectivity index (χ3v) is 5.64. The van der Waals surface area contributed by atoms with Gasteiger partial charge in [-0.25, -0.2) is 0 Å². The summed E-state index contributed by atoms with van der Waals surface area (Å²) < 4.78 is 5.31. The molecule has 9 nitrogen and oxygen atoms in total. The predicted molar refractivity (Wildman–Crippen MR) is 102 cm³/mol. The molecule has 2 N–H and O–H groups in total. The molecule has 1 saturated carbocycles. The Balaban J connectivity index is 1.85. The van der Waals surface area contributed by atoms with Crippen LogP contribution in [0, 0.1) is 15.5 Å². The van der Waals surface area contributed by atoms with Crippen LogP contribution in [0.3, 0.4) is 0 Å². The van der Waals surface area contributed by atoms with Crippen LogP contribution >= 0.6 is 0 Å². The molecular weight excluding hydrogens is 366 g/mol. The van der Waals surface area contributed by atoms with Crippen LogP contribution in [0.2, 0.25) is 0 Å². The first-order valence-electron chi connectivity index (χ1n) is 9.56. The minimum Gasteiger partial charge on any atom is -0.481 e. The Morgan fingerprint density at radius 3 is 2.50 bits per heavy atom. The lowest BCUT2D eigenvalue weighted by Gasteiger charge is -2.33. The standard InChI is InChI=1S/C19H25N3O6/c23-17(20-13-19(18(24)25)7-2-1-3-8-19)14-5-4-6-15(22(26)27)16(14)21-9-11-28-12-10-21/h4-6H,1-3,7-13H2,(H,20,23)(H,24,25). The van der Waals surface area contributed by atoms with Gasteiger partial charge in [-0.15, -0.1) is 0 Å². The Morgan fingerprint density at radius 1 is 1.21 bits per heavy atom. The van der Waals surface area contributed by atoms with E-state index in [0.29, 0.717) is 39.1 Å². The lowest BCUT2D eigenvalue weighted by atomic mass is 9.74. The topological polar surface area (TPSA) is 122 Å².